The molecule has 186 valence electrons. The molecule has 36 heavy (non-hydrogen) atoms. The van der Waals surface area contributed by atoms with E-state index >= 15 is 0 Å². The second kappa shape index (κ2) is 9.49. The molecule has 0 aliphatic carbocycles. The number of rotatable bonds is 8. The predicted molar refractivity (Wildman–Crippen MR) is 111 cm³/mol. The Morgan fingerprint density at radius 1 is 0.583 bits per heavy atom. The SMILES string of the molecule is O=[N+]([O-])c1ccc(Oc2cc(Oc3ccc([N+](=O)[O-])cc3[N+](=O)[O-])cc(C(F)(F)F)c2)c([N+](=O)[O-])c1. The molecule has 0 fully saturated rings. The Bertz CT molecular complexity index is 1310. The first-order valence-corrected chi connectivity index (χ1v) is 9.20. The van der Waals surface area contributed by atoms with E-state index in [1.165, 1.54) is 0 Å². The Labute approximate surface area is 195 Å². The van der Waals surface area contributed by atoms with Crippen LogP contribution in [0.4, 0.5) is 35.9 Å². The van der Waals surface area contributed by atoms with Crippen molar-refractivity contribution < 1.29 is 42.3 Å². The van der Waals surface area contributed by atoms with Gasteiger partial charge in [0.15, 0.2) is 0 Å². The summed E-state index contributed by atoms with van der Waals surface area (Å²) in [5.74, 6) is -2.61. The number of hydrogen-bond donors (Lipinski definition) is 0. The third-order valence-corrected chi connectivity index (χ3v) is 4.36. The summed E-state index contributed by atoms with van der Waals surface area (Å²) >= 11 is 0. The minimum absolute atomic E-state index is 0.447. The first-order valence-electron chi connectivity index (χ1n) is 9.20. The molecule has 0 heterocycles. The van der Waals surface area contributed by atoms with Crippen molar-refractivity contribution in [2.75, 3.05) is 0 Å². The first-order chi connectivity index (χ1) is 16.8. The summed E-state index contributed by atoms with van der Waals surface area (Å²) in [4.78, 5) is 40.4. The number of halogens is 3. The fourth-order valence-corrected chi connectivity index (χ4v) is 2.80. The number of nitro benzene ring substituents is 4. The summed E-state index contributed by atoms with van der Waals surface area (Å²) in [6.45, 7) is 0. The number of nitro groups is 4. The van der Waals surface area contributed by atoms with Crippen LogP contribution in [-0.4, -0.2) is 19.7 Å². The number of alkyl halides is 3. The van der Waals surface area contributed by atoms with Gasteiger partial charge < -0.3 is 9.47 Å². The van der Waals surface area contributed by atoms with Gasteiger partial charge in [0, 0.05) is 18.2 Å². The van der Waals surface area contributed by atoms with Crippen LogP contribution in [-0.2, 0) is 6.18 Å². The largest absolute Gasteiger partial charge is 0.450 e. The van der Waals surface area contributed by atoms with Crippen LogP contribution in [0.5, 0.6) is 23.0 Å². The number of hydrogen-bond acceptors (Lipinski definition) is 10. The lowest BCUT2D eigenvalue weighted by Gasteiger charge is -2.14. The molecule has 0 bridgehead atoms. The van der Waals surface area contributed by atoms with E-state index in [1.54, 1.807) is 0 Å². The van der Waals surface area contributed by atoms with Gasteiger partial charge in [-0.2, -0.15) is 13.2 Å². The van der Waals surface area contributed by atoms with Crippen molar-refractivity contribution in [1.29, 1.82) is 0 Å². The summed E-state index contributed by atoms with van der Waals surface area (Å²) < 4.78 is 50.7. The molecule has 0 aromatic heterocycles. The van der Waals surface area contributed by atoms with Gasteiger partial charge in [-0.3, -0.25) is 40.5 Å². The zero-order valence-corrected chi connectivity index (χ0v) is 17.2. The van der Waals surface area contributed by atoms with E-state index in [2.05, 4.69) is 0 Å². The predicted octanol–water partition coefficient (Wildman–Crippen LogP) is 5.92. The number of nitrogens with zero attached hydrogens (tertiary/aromatic N) is 4. The van der Waals surface area contributed by atoms with Crippen LogP contribution in [0, 0.1) is 40.5 Å². The van der Waals surface area contributed by atoms with Gasteiger partial charge in [0.2, 0.25) is 11.5 Å². The Balaban J connectivity index is 2.08. The Morgan fingerprint density at radius 2 is 0.972 bits per heavy atom. The van der Waals surface area contributed by atoms with Crippen LogP contribution in [0.25, 0.3) is 0 Å². The van der Waals surface area contributed by atoms with E-state index in [-0.39, 0.29) is 0 Å². The fourth-order valence-electron chi connectivity index (χ4n) is 2.80. The molecular weight excluding hydrogens is 501 g/mol. The van der Waals surface area contributed by atoms with Crippen LogP contribution in [0.3, 0.4) is 0 Å². The molecule has 0 aliphatic heterocycles. The Kier molecular flexibility index (Phi) is 6.66. The first kappa shape index (κ1) is 25.3. The molecule has 3 aromatic rings. The lowest BCUT2D eigenvalue weighted by atomic mass is 10.2. The molecule has 0 N–H and O–H groups in total. The van der Waals surface area contributed by atoms with Gasteiger partial charge in [-0.15, -0.1) is 0 Å². The topological polar surface area (TPSA) is 191 Å². The minimum Gasteiger partial charge on any atom is -0.450 e. The maximum Gasteiger partial charge on any atom is 0.416 e. The van der Waals surface area contributed by atoms with E-state index < -0.39 is 77.2 Å². The maximum absolute atomic E-state index is 13.4. The smallest absolute Gasteiger partial charge is 0.416 e. The van der Waals surface area contributed by atoms with E-state index in [0.717, 1.165) is 30.3 Å². The van der Waals surface area contributed by atoms with E-state index in [9.17, 15) is 53.6 Å². The van der Waals surface area contributed by atoms with E-state index in [1.807, 2.05) is 0 Å². The van der Waals surface area contributed by atoms with Crippen molar-refractivity contribution in [3.8, 4) is 23.0 Å². The van der Waals surface area contributed by atoms with Crippen LogP contribution in [0.1, 0.15) is 5.56 Å². The maximum atomic E-state index is 13.4. The van der Waals surface area contributed by atoms with Crippen molar-refractivity contribution >= 4 is 22.7 Å². The molecule has 0 amide bonds. The monoisotopic (exact) mass is 510 g/mol. The summed E-state index contributed by atoms with van der Waals surface area (Å²) in [5, 5.41) is 44.3. The molecule has 0 spiro atoms. The van der Waals surface area contributed by atoms with E-state index in [4.69, 9.17) is 9.47 Å². The van der Waals surface area contributed by atoms with Crippen molar-refractivity contribution in [2.24, 2.45) is 0 Å². The van der Waals surface area contributed by atoms with Crippen LogP contribution >= 0.6 is 0 Å². The van der Waals surface area contributed by atoms with Gasteiger partial charge in [-0.1, -0.05) is 0 Å². The van der Waals surface area contributed by atoms with Crippen LogP contribution < -0.4 is 9.47 Å². The van der Waals surface area contributed by atoms with Crippen molar-refractivity contribution in [2.45, 2.75) is 6.18 Å². The summed E-state index contributed by atoms with van der Waals surface area (Å²) in [5.41, 5.74) is -4.56. The summed E-state index contributed by atoms with van der Waals surface area (Å²) in [7, 11) is 0. The average molecular weight is 510 g/mol. The van der Waals surface area contributed by atoms with Gasteiger partial charge >= 0.3 is 17.6 Å². The molecule has 0 unspecified atom stereocenters. The highest BCUT2D eigenvalue weighted by Gasteiger charge is 2.33. The molecule has 0 aliphatic rings. The van der Waals surface area contributed by atoms with Gasteiger partial charge in [0.1, 0.15) is 11.5 Å². The second-order valence-corrected chi connectivity index (χ2v) is 6.73. The molecule has 17 heteroatoms. The van der Waals surface area contributed by atoms with Gasteiger partial charge in [0.25, 0.3) is 11.4 Å². The van der Waals surface area contributed by atoms with Gasteiger partial charge in [0.05, 0.1) is 37.4 Å². The quantitative estimate of drug-likeness (QED) is 0.259. The highest BCUT2D eigenvalue weighted by Crippen LogP contribution is 2.41. The second-order valence-electron chi connectivity index (χ2n) is 6.73. The van der Waals surface area contributed by atoms with Gasteiger partial charge in [-0.05, 0) is 24.3 Å². The molecule has 3 aromatic carbocycles. The normalized spacial score (nSPS) is 11.0. The molecule has 0 saturated carbocycles. The Hall–Kier alpha value is -5.35. The minimum atomic E-state index is -4.99. The Morgan fingerprint density at radius 3 is 1.28 bits per heavy atom. The third-order valence-electron chi connectivity index (χ3n) is 4.36. The van der Waals surface area contributed by atoms with Gasteiger partial charge in [-0.25, -0.2) is 0 Å². The van der Waals surface area contributed by atoms with Crippen molar-refractivity contribution in [1.82, 2.24) is 0 Å². The molecular formula is C19H9F3N4O10. The van der Waals surface area contributed by atoms with Crippen molar-refractivity contribution in [3.05, 3.63) is 101 Å². The molecule has 0 saturated heterocycles. The van der Waals surface area contributed by atoms with Crippen LogP contribution in [0.15, 0.2) is 54.6 Å². The van der Waals surface area contributed by atoms with Crippen molar-refractivity contribution in [3.63, 3.8) is 0 Å². The fraction of sp³-hybridized carbons (Fsp3) is 0.0526. The molecule has 14 nitrogen and oxygen atoms in total. The highest BCUT2D eigenvalue weighted by atomic mass is 19.4. The molecule has 3 rings (SSSR count). The lowest BCUT2D eigenvalue weighted by molar-refractivity contribution is -0.394. The standard InChI is InChI=1S/C19H9F3N4O10/c20-19(21,22)10-5-13(35-17-3-1-11(23(27)28)7-15(17)25(31)32)9-14(6-10)36-18-4-2-12(24(29)30)8-16(18)26(33)34/h1-9H. The zero-order chi connectivity index (χ0) is 26.8. The summed E-state index contributed by atoms with van der Waals surface area (Å²) in [6, 6.07) is 6.05. The highest BCUT2D eigenvalue weighted by molar-refractivity contribution is 5.57. The third kappa shape index (κ3) is 5.58. The van der Waals surface area contributed by atoms with Crippen LogP contribution in [0.2, 0.25) is 0 Å². The lowest BCUT2D eigenvalue weighted by Crippen LogP contribution is -2.06. The zero-order valence-electron chi connectivity index (χ0n) is 17.2. The molecule has 0 radical (unpaired) electrons. The average Bonchev–Trinajstić information content (AvgIpc) is 2.78. The number of ether oxygens (including phenoxy) is 2. The molecule has 0 atom stereocenters. The van der Waals surface area contributed by atoms with E-state index in [0.29, 0.717) is 24.3 Å². The number of non-ortho nitro benzene ring substituents is 2. The summed E-state index contributed by atoms with van der Waals surface area (Å²) in [6.07, 6.45) is -4.99. The number of benzene rings is 3.